The number of rotatable bonds is 3. The second-order valence-electron chi connectivity index (χ2n) is 3.65. The van der Waals surface area contributed by atoms with Gasteiger partial charge in [0.15, 0.2) is 5.78 Å². The van der Waals surface area contributed by atoms with E-state index in [0.717, 1.165) is 0 Å². The van der Waals surface area contributed by atoms with Gasteiger partial charge in [0.05, 0.1) is 17.2 Å². The van der Waals surface area contributed by atoms with Gasteiger partial charge in [-0.1, -0.05) is 0 Å². The molecule has 0 saturated carbocycles. The number of nitrogens with zero attached hydrogens (tertiary/aromatic N) is 2. The molecule has 0 N–H and O–H groups in total. The van der Waals surface area contributed by atoms with E-state index in [9.17, 15) is 4.79 Å². The number of nitriles is 1. The number of hydrogen-bond acceptors (Lipinski definition) is 4. The number of benzene rings is 1. The Balaban J connectivity index is 2.28. The standard InChI is InChI=1S/C14H10N2O2/c1-10(17)13-3-2-8-16-14(13)18-12-6-4-11(9-15)5-7-12/h2-8H,1H3. The Kier molecular flexibility index (Phi) is 3.35. The first-order valence-corrected chi connectivity index (χ1v) is 5.34. The molecule has 0 aliphatic rings. The van der Waals surface area contributed by atoms with Gasteiger partial charge in [0.2, 0.25) is 5.88 Å². The minimum atomic E-state index is -0.105. The van der Waals surface area contributed by atoms with E-state index in [1.54, 1.807) is 42.6 Å². The van der Waals surface area contributed by atoms with E-state index in [-0.39, 0.29) is 11.7 Å². The van der Waals surface area contributed by atoms with E-state index < -0.39 is 0 Å². The normalized spacial score (nSPS) is 9.56. The molecule has 1 aromatic heterocycles. The molecule has 0 bridgehead atoms. The third-order valence-electron chi connectivity index (χ3n) is 2.35. The van der Waals surface area contributed by atoms with E-state index in [4.69, 9.17) is 10.00 Å². The summed E-state index contributed by atoms with van der Waals surface area (Å²) in [7, 11) is 0. The van der Waals surface area contributed by atoms with Crippen LogP contribution in [0.4, 0.5) is 0 Å². The molecule has 0 spiro atoms. The molecule has 1 heterocycles. The lowest BCUT2D eigenvalue weighted by atomic mass is 10.2. The van der Waals surface area contributed by atoms with E-state index in [1.807, 2.05) is 6.07 Å². The summed E-state index contributed by atoms with van der Waals surface area (Å²) < 4.78 is 5.53. The average Bonchev–Trinajstić information content (AvgIpc) is 2.40. The molecule has 0 fully saturated rings. The molecule has 0 aliphatic heterocycles. The maximum Gasteiger partial charge on any atom is 0.230 e. The molecule has 4 heteroatoms. The zero-order chi connectivity index (χ0) is 13.0. The van der Waals surface area contributed by atoms with E-state index >= 15 is 0 Å². The number of pyridine rings is 1. The van der Waals surface area contributed by atoms with Crippen LogP contribution >= 0.6 is 0 Å². The smallest absolute Gasteiger partial charge is 0.230 e. The van der Waals surface area contributed by atoms with Crippen molar-refractivity contribution < 1.29 is 9.53 Å². The Hall–Kier alpha value is -2.67. The zero-order valence-corrected chi connectivity index (χ0v) is 9.75. The SMILES string of the molecule is CC(=O)c1cccnc1Oc1ccc(C#N)cc1. The Morgan fingerprint density at radius 2 is 2.00 bits per heavy atom. The predicted molar refractivity (Wildman–Crippen MR) is 65.5 cm³/mol. The van der Waals surface area contributed by atoms with Crippen LogP contribution in [0.3, 0.4) is 0 Å². The second kappa shape index (κ2) is 5.11. The van der Waals surface area contributed by atoms with Gasteiger partial charge in [-0.05, 0) is 43.3 Å². The van der Waals surface area contributed by atoms with E-state index in [2.05, 4.69) is 4.98 Å². The van der Waals surface area contributed by atoms with Crippen LogP contribution in [0.25, 0.3) is 0 Å². The average molecular weight is 238 g/mol. The van der Waals surface area contributed by atoms with E-state index in [0.29, 0.717) is 16.9 Å². The molecule has 0 amide bonds. The van der Waals surface area contributed by atoms with Crippen LogP contribution in [0.1, 0.15) is 22.8 Å². The summed E-state index contributed by atoms with van der Waals surface area (Å²) in [5, 5.41) is 8.69. The van der Waals surface area contributed by atoms with Crippen molar-refractivity contribution in [2.24, 2.45) is 0 Å². The largest absolute Gasteiger partial charge is 0.438 e. The highest BCUT2D eigenvalue weighted by atomic mass is 16.5. The molecule has 2 aromatic rings. The van der Waals surface area contributed by atoms with Crippen molar-refractivity contribution in [3.8, 4) is 17.7 Å². The quantitative estimate of drug-likeness (QED) is 0.771. The Labute approximate surface area is 104 Å². The number of ether oxygens (including phenoxy) is 1. The summed E-state index contributed by atoms with van der Waals surface area (Å²) in [5.74, 6) is 0.705. The first kappa shape index (κ1) is 11.8. The highest BCUT2D eigenvalue weighted by Crippen LogP contribution is 2.23. The van der Waals surface area contributed by atoms with Crippen molar-refractivity contribution >= 4 is 5.78 Å². The molecule has 88 valence electrons. The minimum absolute atomic E-state index is 0.105. The molecule has 18 heavy (non-hydrogen) atoms. The molecule has 0 saturated heterocycles. The predicted octanol–water partition coefficient (Wildman–Crippen LogP) is 2.95. The summed E-state index contributed by atoms with van der Waals surface area (Å²) in [6.45, 7) is 1.46. The van der Waals surface area contributed by atoms with Crippen LogP contribution in [0.15, 0.2) is 42.6 Å². The van der Waals surface area contributed by atoms with Gasteiger partial charge in [-0.25, -0.2) is 4.98 Å². The fourth-order valence-corrected chi connectivity index (χ4v) is 1.45. The van der Waals surface area contributed by atoms with Gasteiger partial charge in [0, 0.05) is 6.20 Å². The van der Waals surface area contributed by atoms with Crippen molar-refractivity contribution in [1.82, 2.24) is 4.98 Å². The summed E-state index contributed by atoms with van der Waals surface area (Å²) in [5.41, 5.74) is 0.983. The van der Waals surface area contributed by atoms with Crippen LogP contribution in [0.5, 0.6) is 11.6 Å². The Morgan fingerprint density at radius 1 is 1.28 bits per heavy atom. The summed E-state index contributed by atoms with van der Waals surface area (Å²) >= 11 is 0. The summed E-state index contributed by atoms with van der Waals surface area (Å²) in [6, 6.07) is 12.0. The van der Waals surface area contributed by atoms with Gasteiger partial charge in [-0.15, -0.1) is 0 Å². The maximum atomic E-state index is 11.4. The first-order valence-electron chi connectivity index (χ1n) is 5.34. The second-order valence-corrected chi connectivity index (χ2v) is 3.65. The molecule has 0 atom stereocenters. The van der Waals surface area contributed by atoms with Crippen LogP contribution in [-0.2, 0) is 0 Å². The topological polar surface area (TPSA) is 63.0 Å². The van der Waals surface area contributed by atoms with Crippen LogP contribution in [0.2, 0.25) is 0 Å². The van der Waals surface area contributed by atoms with Gasteiger partial charge in [-0.3, -0.25) is 4.79 Å². The fourth-order valence-electron chi connectivity index (χ4n) is 1.45. The van der Waals surface area contributed by atoms with Crippen LogP contribution in [-0.4, -0.2) is 10.8 Å². The van der Waals surface area contributed by atoms with Crippen LogP contribution in [0, 0.1) is 11.3 Å². The lowest BCUT2D eigenvalue weighted by Gasteiger charge is -2.07. The molecule has 4 nitrogen and oxygen atoms in total. The summed E-state index contributed by atoms with van der Waals surface area (Å²) in [6.07, 6.45) is 1.56. The van der Waals surface area contributed by atoms with Gasteiger partial charge in [-0.2, -0.15) is 5.26 Å². The van der Waals surface area contributed by atoms with Crippen molar-refractivity contribution in [1.29, 1.82) is 5.26 Å². The zero-order valence-electron chi connectivity index (χ0n) is 9.75. The number of Topliss-reactive ketones (excluding diaryl/α,β-unsaturated/α-hetero) is 1. The number of hydrogen-bond donors (Lipinski definition) is 0. The van der Waals surface area contributed by atoms with Crippen molar-refractivity contribution in [2.45, 2.75) is 6.92 Å². The number of carbonyl (C=O) groups excluding carboxylic acids is 1. The molecular weight excluding hydrogens is 228 g/mol. The van der Waals surface area contributed by atoms with Gasteiger partial charge >= 0.3 is 0 Å². The minimum Gasteiger partial charge on any atom is -0.438 e. The molecule has 2 rings (SSSR count). The molecular formula is C14H10N2O2. The lowest BCUT2D eigenvalue weighted by Crippen LogP contribution is -1.98. The van der Waals surface area contributed by atoms with Crippen molar-refractivity contribution in [2.75, 3.05) is 0 Å². The van der Waals surface area contributed by atoms with Crippen molar-refractivity contribution in [3.63, 3.8) is 0 Å². The summed E-state index contributed by atoms with van der Waals surface area (Å²) in [4.78, 5) is 15.4. The third-order valence-corrected chi connectivity index (χ3v) is 2.35. The maximum absolute atomic E-state index is 11.4. The van der Waals surface area contributed by atoms with Crippen LogP contribution < -0.4 is 4.74 Å². The van der Waals surface area contributed by atoms with Gasteiger partial charge in [0.25, 0.3) is 0 Å². The number of aromatic nitrogens is 1. The molecule has 0 unspecified atom stereocenters. The third kappa shape index (κ3) is 2.53. The Bertz CT molecular complexity index is 612. The fraction of sp³-hybridized carbons (Fsp3) is 0.0714. The lowest BCUT2D eigenvalue weighted by molar-refractivity contribution is 0.101. The van der Waals surface area contributed by atoms with Gasteiger partial charge in [0.1, 0.15) is 5.75 Å². The molecule has 0 aliphatic carbocycles. The number of ketones is 1. The monoisotopic (exact) mass is 238 g/mol. The van der Waals surface area contributed by atoms with E-state index in [1.165, 1.54) is 6.92 Å². The molecule has 1 aromatic carbocycles. The highest BCUT2D eigenvalue weighted by Gasteiger charge is 2.09. The number of carbonyl (C=O) groups is 1. The first-order chi connectivity index (χ1) is 8.70. The van der Waals surface area contributed by atoms with Gasteiger partial charge < -0.3 is 4.74 Å². The van der Waals surface area contributed by atoms with Crippen molar-refractivity contribution in [3.05, 3.63) is 53.7 Å². The Morgan fingerprint density at radius 3 is 2.61 bits per heavy atom. The molecule has 0 radical (unpaired) electrons. The highest BCUT2D eigenvalue weighted by molar-refractivity contribution is 5.96.